The summed E-state index contributed by atoms with van der Waals surface area (Å²) in [5.74, 6) is 0.237. The molecule has 1 aliphatic rings. The fraction of sp³-hybridized carbons (Fsp3) is 0.167. The fourth-order valence-corrected chi connectivity index (χ4v) is 5.52. The summed E-state index contributed by atoms with van der Waals surface area (Å²) in [4.78, 5) is 31.8. The molecule has 38 heavy (non-hydrogen) atoms. The second kappa shape index (κ2) is 11.2. The van der Waals surface area contributed by atoms with Crippen LogP contribution < -0.4 is 19.6 Å². The molecule has 3 aromatic carbocycles. The van der Waals surface area contributed by atoms with Gasteiger partial charge < -0.3 is 9.47 Å². The Bertz CT molecular complexity index is 1670. The van der Waals surface area contributed by atoms with Crippen LogP contribution >= 0.6 is 22.9 Å². The van der Waals surface area contributed by atoms with Crippen LogP contribution in [0.2, 0.25) is 5.02 Å². The number of methoxy groups -OCH3 is 1. The summed E-state index contributed by atoms with van der Waals surface area (Å²) in [5.41, 5.74) is 3.51. The zero-order valence-electron chi connectivity index (χ0n) is 20.9. The summed E-state index contributed by atoms with van der Waals surface area (Å²) >= 11 is 7.25. The maximum Gasteiger partial charge on any atom is 0.338 e. The molecule has 2 heterocycles. The SMILES string of the molecule is CCC1=C(C(=O)OC)[C@H](c2ccccc2)n2c(s/c(=C\c3ccc(OCc4ccc(Cl)cc4)cc3)c2=O)=N1. The number of aromatic nitrogens is 1. The van der Waals surface area contributed by atoms with Gasteiger partial charge in [-0.25, -0.2) is 9.79 Å². The van der Waals surface area contributed by atoms with Crippen molar-refractivity contribution in [3.8, 4) is 5.75 Å². The van der Waals surface area contributed by atoms with Crippen molar-refractivity contribution in [3.63, 3.8) is 0 Å². The maximum atomic E-state index is 13.7. The van der Waals surface area contributed by atoms with E-state index < -0.39 is 12.0 Å². The smallest absolute Gasteiger partial charge is 0.338 e. The molecule has 0 amide bonds. The lowest BCUT2D eigenvalue weighted by Gasteiger charge is -2.25. The van der Waals surface area contributed by atoms with E-state index in [1.807, 2.05) is 91.9 Å². The highest BCUT2D eigenvalue weighted by atomic mass is 35.5. The van der Waals surface area contributed by atoms with Crippen LogP contribution in [0.5, 0.6) is 5.75 Å². The van der Waals surface area contributed by atoms with Gasteiger partial charge in [-0.2, -0.15) is 0 Å². The van der Waals surface area contributed by atoms with Crippen LogP contribution in [-0.4, -0.2) is 17.6 Å². The van der Waals surface area contributed by atoms with Gasteiger partial charge in [0.05, 0.1) is 29.0 Å². The van der Waals surface area contributed by atoms with Crippen LogP contribution in [0.25, 0.3) is 6.08 Å². The first kappa shape index (κ1) is 25.7. The number of halogens is 1. The Morgan fingerprint density at radius 3 is 2.42 bits per heavy atom. The number of benzene rings is 3. The fourth-order valence-electron chi connectivity index (χ4n) is 4.37. The number of thiazole rings is 1. The Morgan fingerprint density at radius 2 is 1.76 bits per heavy atom. The van der Waals surface area contributed by atoms with Crippen LogP contribution in [0.3, 0.4) is 0 Å². The lowest BCUT2D eigenvalue weighted by molar-refractivity contribution is -0.136. The average molecular weight is 545 g/mol. The number of carbonyl (C=O) groups excluding carboxylic acids is 1. The minimum Gasteiger partial charge on any atom is -0.489 e. The molecule has 4 aromatic rings. The van der Waals surface area contributed by atoms with Gasteiger partial charge in [0.25, 0.3) is 5.56 Å². The van der Waals surface area contributed by atoms with Crippen molar-refractivity contribution in [1.29, 1.82) is 0 Å². The third-order valence-corrected chi connectivity index (χ3v) is 7.50. The molecule has 0 aliphatic carbocycles. The Hall–Kier alpha value is -3.94. The summed E-state index contributed by atoms with van der Waals surface area (Å²) < 4.78 is 13.1. The number of hydrogen-bond donors (Lipinski definition) is 0. The number of fused-ring (bicyclic) bond motifs is 1. The van der Waals surface area contributed by atoms with E-state index >= 15 is 0 Å². The maximum absolute atomic E-state index is 13.7. The number of ether oxygens (including phenoxy) is 2. The summed E-state index contributed by atoms with van der Waals surface area (Å²) in [6.07, 6.45) is 2.37. The zero-order valence-corrected chi connectivity index (χ0v) is 22.5. The molecular weight excluding hydrogens is 520 g/mol. The van der Waals surface area contributed by atoms with E-state index in [0.717, 1.165) is 22.4 Å². The highest BCUT2D eigenvalue weighted by Gasteiger charge is 2.33. The number of carbonyl (C=O) groups is 1. The minimum absolute atomic E-state index is 0.206. The van der Waals surface area contributed by atoms with Crippen LogP contribution in [-0.2, 0) is 16.1 Å². The van der Waals surface area contributed by atoms with Crippen molar-refractivity contribution >= 4 is 35.0 Å². The average Bonchev–Trinajstić information content (AvgIpc) is 3.26. The standard InChI is InChI=1S/C30H25ClN2O4S/c1-3-24-26(29(35)36-2)27(21-7-5-4-6-8-21)33-28(34)25(38-30(33)32-24)17-19-11-15-23(16-12-19)37-18-20-9-13-22(31)14-10-20/h4-17,27H,3,18H2,1-2H3/b25-17-/t27-/m0/s1. The number of allylic oxidation sites excluding steroid dienone is 1. The third kappa shape index (κ3) is 5.21. The Labute approximate surface area is 228 Å². The van der Waals surface area contributed by atoms with Crippen LogP contribution in [0, 0.1) is 0 Å². The highest BCUT2D eigenvalue weighted by molar-refractivity contribution is 7.07. The molecule has 0 unspecified atom stereocenters. The van der Waals surface area contributed by atoms with E-state index in [2.05, 4.69) is 0 Å². The minimum atomic E-state index is -0.611. The van der Waals surface area contributed by atoms with Gasteiger partial charge in [0.1, 0.15) is 12.4 Å². The number of esters is 1. The predicted octanol–water partition coefficient (Wildman–Crippen LogP) is 5.03. The Balaban J connectivity index is 1.50. The van der Waals surface area contributed by atoms with E-state index in [0.29, 0.717) is 38.7 Å². The second-order valence-electron chi connectivity index (χ2n) is 8.68. The van der Waals surface area contributed by atoms with Gasteiger partial charge >= 0.3 is 5.97 Å². The van der Waals surface area contributed by atoms with Gasteiger partial charge in [-0.3, -0.25) is 9.36 Å². The second-order valence-corrected chi connectivity index (χ2v) is 10.1. The van der Waals surface area contributed by atoms with Crippen LogP contribution in [0.4, 0.5) is 0 Å². The molecule has 0 radical (unpaired) electrons. The van der Waals surface area contributed by atoms with E-state index in [1.54, 1.807) is 4.57 Å². The van der Waals surface area contributed by atoms with Crippen molar-refractivity contribution in [2.75, 3.05) is 7.11 Å². The molecule has 0 saturated heterocycles. The number of nitrogens with zero attached hydrogens (tertiary/aromatic N) is 2. The monoisotopic (exact) mass is 544 g/mol. The Morgan fingerprint density at radius 1 is 1.05 bits per heavy atom. The summed E-state index contributed by atoms with van der Waals surface area (Å²) in [5, 5.41) is 0.686. The van der Waals surface area contributed by atoms with Crippen molar-refractivity contribution in [2.24, 2.45) is 4.99 Å². The summed E-state index contributed by atoms with van der Waals surface area (Å²) in [6.45, 7) is 2.37. The van der Waals surface area contributed by atoms with E-state index in [-0.39, 0.29) is 5.56 Å². The lowest BCUT2D eigenvalue weighted by atomic mass is 9.95. The molecule has 8 heteroatoms. The zero-order chi connectivity index (χ0) is 26.6. The van der Waals surface area contributed by atoms with Gasteiger partial charge in [-0.1, -0.05) is 84.5 Å². The summed E-state index contributed by atoms with van der Waals surface area (Å²) in [7, 11) is 1.35. The van der Waals surface area contributed by atoms with Gasteiger partial charge in [0.15, 0.2) is 4.80 Å². The normalized spacial score (nSPS) is 15.1. The highest BCUT2D eigenvalue weighted by Crippen LogP contribution is 2.31. The molecule has 1 aliphatic heterocycles. The van der Waals surface area contributed by atoms with Crippen molar-refractivity contribution < 1.29 is 14.3 Å². The first-order valence-electron chi connectivity index (χ1n) is 12.1. The molecular formula is C30H25ClN2O4S. The molecule has 0 bridgehead atoms. The van der Waals surface area contributed by atoms with Crippen molar-refractivity contribution in [2.45, 2.75) is 26.0 Å². The van der Waals surface area contributed by atoms with E-state index in [1.165, 1.54) is 18.4 Å². The van der Waals surface area contributed by atoms with Gasteiger partial charge in [0.2, 0.25) is 0 Å². The molecule has 1 atom stereocenters. The van der Waals surface area contributed by atoms with Gasteiger partial charge in [-0.15, -0.1) is 0 Å². The first-order valence-corrected chi connectivity index (χ1v) is 13.3. The van der Waals surface area contributed by atoms with Crippen molar-refractivity contribution in [3.05, 3.63) is 132 Å². The molecule has 0 N–H and O–H groups in total. The molecule has 0 spiro atoms. The molecule has 5 rings (SSSR count). The molecule has 0 saturated carbocycles. The topological polar surface area (TPSA) is 69.9 Å². The van der Waals surface area contributed by atoms with Gasteiger partial charge in [0, 0.05) is 5.02 Å². The Kier molecular flexibility index (Phi) is 7.58. The number of rotatable bonds is 7. The molecule has 1 aromatic heterocycles. The van der Waals surface area contributed by atoms with Crippen molar-refractivity contribution in [1.82, 2.24) is 4.57 Å². The quantitative estimate of drug-likeness (QED) is 0.306. The third-order valence-electron chi connectivity index (χ3n) is 6.26. The van der Waals surface area contributed by atoms with E-state index in [9.17, 15) is 9.59 Å². The van der Waals surface area contributed by atoms with E-state index in [4.69, 9.17) is 26.1 Å². The molecule has 6 nitrogen and oxygen atoms in total. The first-order chi connectivity index (χ1) is 18.5. The largest absolute Gasteiger partial charge is 0.489 e. The van der Waals surface area contributed by atoms with Crippen LogP contribution in [0.15, 0.2) is 99.9 Å². The molecule has 0 fully saturated rings. The molecule has 192 valence electrons. The van der Waals surface area contributed by atoms with Gasteiger partial charge in [-0.05, 0) is 53.5 Å². The van der Waals surface area contributed by atoms with Crippen LogP contribution in [0.1, 0.15) is 36.1 Å². The predicted molar refractivity (Wildman–Crippen MR) is 149 cm³/mol. The number of hydrogen-bond acceptors (Lipinski definition) is 6. The summed E-state index contributed by atoms with van der Waals surface area (Å²) in [6, 6.07) is 24.0. The lowest BCUT2D eigenvalue weighted by Crippen LogP contribution is -2.40.